The van der Waals surface area contributed by atoms with Crippen molar-refractivity contribution in [1.82, 2.24) is 15.1 Å². The summed E-state index contributed by atoms with van der Waals surface area (Å²) in [6, 6.07) is 7.29. The number of piperazine rings is 1. The summed E-state index contributed by atoms with van der Waals surface area (Å²) in [4.78, 5) is 30.7. The van der Waals surface area contributed by atoms with E-state index in [-0.39, 0.29) is 18.0 Å². The first-order valence-corrected chi connectivity index (χ1v) is 9.41. The number of hydrogen-bond acceptors (Lipinski definition) is 4. The van der Waals surface area contributed by atoms with E-state index < -0.39 is 0 Å². The minimum absolute atomic E-state index is 0.0373. The summed E-state index contributed by atoms with van der Waals surface area (Å²) in [5.74, 6) is 0.828. The van der Waals surface area contributed by atoms with E-state index in [1.807, 2.05) is 36.1 Å². The second-order valence-electron chi connectivity index (χ2n) is 6.70. The van der Waals surface area contributed by atoms with E-state index in [9.17, 15) is 9.59 Å². The monoisotopic (exact) mass is 360 g/mol. The Bertz CT molecular complexity index is 626. The molecule has 2 aliphatic heterocycles. The minimum Gasteiger partial charge on any atom is -0.494 e. The fourth-order valence-electron chi connectivity index (χ4n) is 3.48. The van der Waals surface area contributed by atoms with Crippen molar-refractivity contribution in [3.05, 3.63) is 24.3 Å². The third-order valence-corrected chi connectivity index (χ3v) is 5.02. The van der Waals surface area contributed by atoms with Crippen LogP contribution in [0.1, 0.15) is 20.3 Å². The number of carbonyl (C=O) groups excluding carboxylic acids is 2. The fraction of sp³-hybridized carbons (Fsp3) is 0.579. The number of carbonyl (C=O) groups is 2. The first-order valence-electron chi connectivity index (χ1n) is 9.41. The van der Waals surface area contributed by atoms with E-state index in [1.54, 1.807) is 4.90 Å². The van der Waals surface area contributed by atoms with Gasteiger partial charge in [-0.15, -0.1) is 0 Å². The van der Waals surface area contributed by atoms with Crippen LogP contribution in [0.5, 0.6) is 5.75 Å². The van der Waals surface area contributed by atoms with Gasteiger partial charge in [0.2, 0.25) is 5.91 Å². The number of nitrogens with zero attached hydrogens (tertiary/aromatic N) is 3. The molecule has 1 unspecified atom stereocenters. The normalized spacial score (nSPS) is 21.2. The van der Waals surface area contributed by atoms with Crippen molar-refractivity contribution in [1.29, 1.82) is 0 Å². The lowest BCUT2D eigenvalue weighted by atomic mass is 10.2. The van der Waals surface area contributed by atoms with Gasteiger partial charge in [-0.25, -0.2) is 4.79 Å². The molecule has 3 amide bonds. The predicted octanol–water partition coefficient (Wildman–Crippen LogP) is 1.54. The number of ether oxygens (including phenoxy) is 1. The lowest BCUT2D eigenvalue weighted by Crippen LogP contribution is -2.53. The number of likely N-dealkylation sites (N-methyl/N-ethyl adjacent to an activating group) is 1. The van der Waals surface area contributed by atoms with Gasteiger partial charge in [0.15, 0.2) is 0 Å². The first kappa shape index (κ1) is 18.5. The topological polar surface area (TPSA) is 65.1 Å². The van der Waals surface area contributed by atoms with Gasteiger partial charge in [-0.1, -0.05) is 6.92 Å². The Labute approximate surface area is 154 Å². The maximum absolute atomic E-state index is 12.5. The average molecular weight is 360 g/mol. The number of amides is 3. The van der Waals surface area contributed by atoms with Crippen molar-refractivity contribution in [3.63, 3.8) is 0 Å². The molecule has 0 saturated carbocycles. The van der Waals surface area contributed by atoms with Crippen LogP contribution >= 0.6 is 0 Å². The zero-order chi connectivity index (χ0) is 18.5. The highest BCUT2D eigenvalue weighted by Crippen LogP contribution is 2.24. The molecule has 7 heteroatoms. The molecule has 1 aromatic carbocycles. The number of hydrogen-bond donors (Lipinski definition) is 1. The van der Waals surface area contributed by atoms with Crippen molar-refractivity contribution in [2.45, 2.75) is 26.3 Å². The number of benzene rings is 1. The predicted molar refractivity (Wildman–Crippen MR) is 101 cm³/mol. The maximum Gasteiger partial charge on any atom is 0.317 e. The summed E-state index contributed by atoms with van der Waals surface area (Å²) < 4.78 is 5.44. The summed E-state index contributed by atoms with van der Waals surface area (Å²) in [5.41, 5.74) is 0.840. The highest BCUT2D eigenvalue weighted by Gasteiger charge is 2.33. The molecule has 1 atom stereocenters. The molecule has 0 radical (unpaired) electrons. The summed E-state index contributed by atoms with van der Waals surface area (Å²) in [6.45, 7) is 9.51. The Morgan fingerprint density at radius 1 is 1.15 bits per heavy atom. The molecule has 2 heterocycles. The third-order valence-electron chi connectivity index (χ3n) is 5.02. The quantitative estimate of drug-likeness (QED) is 0.865. The van der Waals surface area contributed by atoms with Crippen LogP contribution in [0, 0.1) is 0 Å². The van der Waals surface area contributed by atoms with Crippen LogP contribution in [0.2, 0.25) is 0 Å². The first-order chi connectivity index (χ1) is 12.6. The van der Waals surface area contributed by atoms with Gasteiger partial charge in [0.05, 0.1) is 12.6 Å². The average Bonchev–Trinajstić information content (AvgIpc) is 3.03. The van der Waals surface area contributed by atoms with Crippen LogP contribution in [-0.4, -0.2) is 73.7 Å². The minimum atomic E-state index is -0.147. The second-order valence-corrected chi connectivity index (χ2v) is 6.70. The number of urea groups is 1. The molecule has 0 aliphatic carbocycles. The largest absolute Gasteiger partial charge is 0.494 e. The molecule has 142 valence electrons. The molecule has 7 nitrogen and oxygen atoms in total. The van der Waals surface area contributed by atoms with Crippen LogP contribution in [0.3, 0.4) is 0 Å². The lowest BCUT2D eigenvalue weighted by molar-refractivity contribution is -0.117. The Morgan fingerprint density at radius 3 is 2.46 bits per heavy atom. The second kappa shape index (κ2) is 8.40. The molecule has 0 aromatic heterocycles. The van der Waals surface area contributed by atoms with E-state index in [2.05, 4.69) is 17.1 Å². The van der Waals surface area contributed by atoms with Crippen LogP contribution in [0.15, 0.2) is 24.3 Å². The molecule has 26 heavy (non-hydrogen) atoms. The van der Waals surface area contributed by atoms with Crippen molar-refractivity contribution in [2.24, 2.45) is 0 Å². The smallest absolute Gasteiger partial charge is 0.317 e. The summed E-state index contributed by atoms with van der Waals surface area (Å²) in [5, 5.41) is 3.02. The third kappa shape index (κ3) is 4.27. The Hall–Kier alpha value is -2.28. The number of anilines is 1. The van der Waals surface area contributed by atoms with Gasteiger partial charge in [-0.05, 0) is 37.7 Å². The zero-order valence-corrected chi connectivity index (χ0v) is 15.6. The summed E-state index contributed by atoms with van der Waals surface area (Å²) in [7, 11) is 0. The summed E-state index contributed by atoms with van der Waals surface area (Å²) in [6.07, 6.45) is 0.341. The Kier molecular flexibility index (Phi) is 5.98. The van der Waals surface area contributed by atoms with E-state index in [1.165, 1.54) is 0 Å². The highest BCUT2D eigenvalue weighted by molar-refractivity contribution is 5.96. The molecule has 1 N–H and O–H groups in total. The van der Waals surface area contributed by atoms with E-state index in [0.717, 1.165) is 44.2 Å². The maximum atomic E-state index is 12.5. The van der Waals surface area contributed by atoms with E-state index in [4.69, 9.17) is 4.74 Å². The van der Waals surface area contributed by atoms with Crippen LogP contribution in [0.25, 0.3) is 0 Å². The van der Waals surface area contributed by atoms with Crippen LogP contribution < -0.4 is 15.0 Å². The molecule has 0 spiro atoms. The molecule has 1 aromatic rings. The van der Waals surface area contributed by atoms with Crippen molar-refractivity contribution in [2.75, 3.05) is 50.8 Å². The van der Waals surface area contributed by atoms with Gasteiger partial charge in [-0.3, -0.25) is 4.79 Å². The van der Waals surface area contributed by atoms with Gasteiger partial charge in [0.1, 0.15) is 5.75 Å². The molecule has 2 fully saturated rings. The van der Waals surface area contributed by atoms with E-state index >= 15 is 0 Å². The fourth-order valence-corrected chi connectivity index (χ4v) is 3.48. The Balaban J connectivity index is 1.53. The van der Waals surface area contributed by atoms with Crippen molar-refractivity contribution < 1.29 is 14.3 Å². The van der Waals surface area contributed by atoms with Crippen LogP contribution in [-0.2, 0) is 4.79 Å². The Morgan fingerprint density at radius 2 is 1.85 bits per heavy atom. The molecular weight excluding hydrogens is 332 g/mol. The van der Waals surface area contributed by atoms with Gasteiger partial charge in [0.25, 0.3) is 0 Å². The molecule has 2 aliphatic rings. The summed E-state index contributed by atoms with van der Waals surface area (Å²) >= 11 is 0. The molecule has 2 saturated heterocycles. The number of rotatable bonds is 5. The van der Waals surface area contributed by atoms with Gasteiger partial charge in [0, 0.05) is 44.8 Å². The van der Waals surface area contributed by atoms with Crippen LogP contribution in [0.4, 0.5) is 10.5 Å². The molecular formula is C19H28N4O3. The zero-order valence-electron chi connectivity index (χ0n) is 15.6. The molecule has 3 rings (SSSR count). The van der Waals surface area contributed by atoms with Crippen molar-refractivity contribution in [3.8, 4) is 5.75 Å². The standard InChI is InChI=1S/C19H28N4O3/c1-3-21-9-11-22(12-10-21)19(25)20-15-13-18(24)23(14-15)16-5-7-17(8-6-16)26-4-2/h5-8,15H,3-4,9-14H2,1-2H3,(H,20,25). The van der Waals surface area contributed by atoms with Gasteiger partial charge < -0.3 is 24.8 Å². The van der Waals surface area contributed by atoms with Crippen molar-refractivity contribution >= 4 is 17.6 Å². The molecule has 0 bridgehead atoms. The van der Waals surface area contributed by atoms with E-state index in [0.29, 0.717) is 19.6 Å². The SMILES string of the molecule is CCOc1ccc(N2CC(NC(=O)N3CCN(CC)CC3)CC2=O)cc1. The lowest BCUT2D eigenvalue weighted by Gasteiger charge is -2.34. The number of nitrogens with one attached hydrogen (secondary N) is 1. The van der Waals surface area contributed by atoms with Gasteiger partial charge in [-0.2, -0.15) is 0 Å². The highest BCUT2D eigenvalue weighted by atomic mass is 16.5. The van der Waals surface area contributed by atoms with Gasteiger partial charge >= 0.3 is 6.03 Å².